The van der Waals surface area contributed by atoms with Crippen LogP contribution in [0.1, 0.15) is 39.5 Å². The van der Waals surface area contributed by atoms with E-state index in [1.807, 2.05) is 0 Å². The van der Waals surface area contributed by atoms with Crippen LogP contribution in [0.5, 0.6) is 0 Å². The fourth-order valence-corrected chi connectivity index (χ4v) is 2.21. The highest BCUT2D eigenvalue weighted by Crippen LogP contribution is 2.25. The maximum absolute atomic E-state index is 5.51. The highest BCUT2D eigenvalue weighted by molar-refractivity contribution is 5.79. The quantitative estimate of drug-likeness (QED) is 0.331. The van der Waals surface area contributed by atoms with Gasteiger partial charge in [0.15, 0.2) is 0 Å². The number of rotatable bonds is 4. The lowest BCUT2D eigenvalue weighted by Gasteiger charge is -2.24. The van der Waals surface area contributed by atoms with Crippen molar-refractivity contribution in [1.29, 1.82) is 0 Å². The summed E-state index contributed by atoms with van der Waals surface area (Å²) in [6.45, 7) is 6.22. The molecule has 0 radical (unpaired) electrons. The van der Waals surface area contributed by atoms with Crippen molar-refractivity contribution < 1.29 is 0 Å². The lowest BCUT2D eigenvalue weighted by Crippen LogP contribution is -2.44. The van der Waals surface area contributed by atoms with Crippen LogP contribution in [-0.4, -0.2) is 31.0 Å². The first-order valence-electron chi connectivity index (χ1n) is 6.35. The number of nitrogens with two attached hydrogens (primary N) is 1. The zero-order valence-electron chi connectivity index (χ0n) is 10.9. The smallest absolute Gasteiger partial charge is 0.208 e. The summed E-state index contributed by atoms with van der Waals surface area (Å²) in [6.07, 6.45) is 5.47. The zero-order chi connectivity index (χ0) is 12.0. The molecule has 0 aromatic carbocycles. The standard InChI is InChI=1S/C12H26N4/c1-10(2)8-14-12(15-13)16(3)9-11-6-4-5-7-11/h10-11H,4-9,13H2,1-3H3,(H,14,15). The molecule has 1 fully saturated rings. The Kier molecular flexibility index (Phi) is 5.60. The predicted molar refractivity (Wildman–Crippen MR) is 69.1 cm³/mol. The van der Waals surface area contributed by atoms with Gasteiger partial charge in [-0.15, -0.1) is 0 Å². The monoisotopic (exact) mass is 226 g/mol. The van der Waals surface area contributed by atoms with Crippen molar-refractivity contribution in [3.8, 4) is 0 Å². The van der Waals surface area contributed by atoms with E-state index in [0.29, 0.717) is 5.92 Å². The number of guanidine groups is 1. The molecule has 0 aromatic heterocycles. The predicted octanol–water partition coefficient (Wildman–Crippen LogP) is 1.58. The van der Waals surface area contributed by atoms with Crippen molar-refractivity contribution in [3.05, 3.63) is 0 Å². The second kappa shape index (κ2) is 6.74. The van der Waals surface area contributed by atoms with Gasteiger partial charge < -0.3 is 4.90 Å². The van der Waals surface area contributed by atoms with Gasteiger partial charge in [0.25, 0.3) is 0 Å². The van der Waals surface area contributed by atoms with E-state index in [-0.39, 0.29) is 0 Å². The largest absolute Gasteiger partial charge is 0.345 e. The molecule has 4 heteroatoms. The van der Waals surface area contributed by atoms with Gasteiger partial charge in [-0.3, -0.25) is 10.4 Å². The molecule has 0 amide bonds. The Balaban J connectivity index is 2.41. The summed E-state index contributed by atoms with van der Waals surface area (Å²) >= 11 is 0. The number of aliphatic imine (C=N–C) groups is 1. The van der Waals surface area contributed by atoms with Crippen molar-refractivity contribution in [2.45, 2.75) is 39.5 Å². The molecule has 0 aromatic rings. The van der Waals surface area contributed by atoms with Crippen molar-refractivity contribution >= 4 is 5.96 Å². The van der Waals surface area contributed by atoms with Crippen LogP contribution in [0.2, 0.25) is 0 Å². The maximum atomic E-state index is 5.51. The van der Waals surface area contributed by atoms with Crippen LogP contribution < -0.4 is 11.3 Å². The third-order valence-electron chi connectivity index (χ3n) is 3.10. The summed E-state index contributed by atoms with van der Waals surface area (Å²) in [7, 11) is 2.07. The van der Waals surface area contributed by atoms with Crippen molar-refractivity contribution in [2.75, 3.05) is 20.1 Å². The molecule has 94 valence electrons. The second-order valence-corrected chi connectivity index (χ2v) is 5.23. The molecule has 0 spiro atoms. The highest BCUT2D eigenvalue weighted by atomic mass is 15.4. The van der Waals surface area contributed by atoms with Crippen LogP contribution in [0.3, 0.4) is 0 Å². The van der Waals surface area contributed by atoms with Crippen LogP contribution in [0.4, 0.5) is 0 Å². The first kappa shape index (κ1) is 13.3. The number of hydrogen-bond donors (Lipinski definition) is 2. The third kappa shape index (κ3) is 4.39. The van der Waals surface area contributed by atoms with Gasteiger partial charge in [-0.1, -0.05) is 26.7 Å². The van der Waals surface area contributed by atoms with Crippen molar-refractivity contribution in [1.82, 2.24) is 10.3 Å². The lowest BCUT2D eigenvalue weighted by molar-refractivity contribution is 0.377. The molecule has 0 atom stereocenters. The Morgan fingerprint density at radius 3 is 2.56 bits per heavy atom. The molecule has 1 aliphatic carbocycles. The molecule has 3 N–H and O–H groups in total. The minimum atomic E-state index is 0.572. The first-order valence-corrected chi connectivity index (χ1v) is 6.35. The number of nitrogens with one attached hydrogen (secondary N) is 1. The van der Waals surface area contributed by atoms with E-state index >= 15 is 0 Å². The summed E-state index contributed by atoms with van der Waals surface area (Å²) in [5.74, 6) is 7.73. The Bertz CT molecular complexity index is 219. The van der Waals surface area contributed by atoms with Gasteiger partial charge >= 0.3 is 0 Å². The summed E-state index contributed by atoms with van der Waals surface area (Å²) in [6, 6.07) is 0. The third-order valence-corrected chi connectivity index (χ3v) is 3.10. The minimum Gasteiger partial charge on any atom is -0.345 e. The van der Waals surface area contributed by atoms with Gasteiger partial charge in [-0.05, 0) is 24.7 Å². The fourth-order valence-electron chi connectivity index (χ4n) is 2.21. The van der Waals surface area contributed by atoms with Gasteiger partial charge in [0, 0.05) is 20.1 Å². The molecule has 0 bridgehead atoms. The summed E-state index contributed by atoms with van der Waals surface area (Å²) in [5.41, 5.74) is 2.71. The fraction of sp³-hybridized carbons (Fsp3) is 0.917. The van der Waals surface area contributed by atoms with E-state index in [1.54, 1.807) is 0 Å². The van der Waals surface area contributed by atoms with Crippen LogP contribution in [0.25, 0.3) is 0 Å². The van der Waals surface area contributed by atoms with E-state index in [9.17, 15) is 0 Å². The second-order valence-electron chi connectivity index (χ2n) is 5.23. The minimum absolute atomic E-state index is 0.572. The summed E-state index contributed by atoms with van der Waals surface area (Å²) in [5, 5.41) is 0. The molecule has 0 heterocycles. The lowest BCUT2D eigenvalue weighted by atomic mass is 10.1. The normalized spacial score (nSPS) is 18.2. The molecular weight excluding hydrogens is 200 g/mol. The Morgan fingerprint density at radius 1 is 1.44 bits per heavy atom. The van der Waals surface area contributed by atoms with Crippen LogP contribution in [-0.2, 0) is 0 Å². The van der Waals surface area contributed by atoms with E-state index in [2.05, 4.69) is 36.2 Å². The van der Waals surface area contributed by atoms with Crippen LogP contribution in [0, 0.1) is 11.8 Å². The van der Waals surface area contributed by atoms with Gasteiger partial charge in [0.1, 0.15) is 0 Å². The van der Waals surface area contributed by atoms with E-state index < -0.39 is 0 Å². The summed E-state index contributed by atoms with van der Waals surface area (Å²) in [4.78, 5) is 6.64. The molecule has 1 rings (SSSR count). The zero-order valence-corrected chi connectivity index (χ0v) is 10.9. The van der Waals surface area contributed by atoms with Crippen LogP contribution >= 0.6 is 0 Å². The van der Waals surface area contributed by atoms with Gasteiger partial charge in [-0.25, -0.2) is 5.84 Å². The molecule has 1 aliphatic rings. The van der Waals surface area contributed by atoms with Crippen molar-refractivity contribution in [2.24, 2.45) is 22.7 Å². The number of hydrogen-bond acceptors (Lipinski definition) is 2. The molecule has 4 nitrogen and oxygen atoms in total. The van der Waals surface area contributed by atoms with Crippen molar-refractivity contribution in [3.63, 3.8) is 0 Å². The maximum Gasteiger partial charge on any atom is 0.208 e. The van der Waals surface area contributed by atoms with E-state index in [1.165, 1.54) is 25.7 Å². The summed E-state index contributed by atoms with van der Waals surface area (Å²) < 4.78 is 0. The average Bonchev–Trinajstić information content (AvgIpc) is 2.71. The Hall–Kier alpha value is -0.770. The van der Waals surface area contributed by atoms with E-state index in [0.717, 1.165) is 25.0 Å². The number of nitrogens with zero attached hydrogens (tertiary/aromatic N) is 2. The van der Waals surface area contributed by atoms with Gasteiger partial charge in [0.05, 0.1) is 0 Å². The average molecular weight is 226 g/mol. The Morgan fingerprint density at radius 2 is 2.06 bits per heavy atom. The molecule has 0 saturated heterocycles. The molecule has 16 heavy (non-hydrogen) atoms. The Labute approximate surface area is 99.3 Å². The molecule has 1 saturated carbocycles. The van der Waals surface area contributed by atoms with E-state index in [4.69, 9.17) is 5.84 Å². The molecule has 0 aliphatic heterocycles. The van der Waals surface area contributed by atoms with Crippen LogP contribution in [0.15, 0.2) is 4.99 Å². The topological polar surface area (TPSA) is 53.6 Å². The molecule has 0 unspecified atom stereocenters. The molecular formula is C12H26N4. The highest BCUT2D eigenvalue weighted by Gasteiger charge is 2.18. The number of hydrazine groups is 1. The first-order chi connectivity index (χ1) is 7.63. The van der Waals surface area contributed by atoms with Gasteiger partial charge in [-0.2, -0.15) is 0 Å². The van der Waals surface area contributed by atoms with Gasteiger partial charge in [0.2, 0.25) is 5.96 Å². The SMILES string of the molecule is CC(C)CN=C(NN)N(C)CC1CCCC1.